The number of benzene rings is 1. The Morgan fingerprint density at radius 2 is 2.14 bits per heavy atom. The van der Waals surface area contributed by atoms with E-state index in [9.17, 15) is 4.79 Å². The number of para-hydroxylation sites is 1. The van der Waals surface area contributed by atoms with Gasteiger partial charge in [-0.05, 0) is 19.1 Å². The Kier molecular flexibility index (Phi) is 2.00. The van der Waals surface area contributed by atoms with Gasteiger partial charge in [-0.15, -0.1) is 0 Å². The van der Waals surface area contributed by atoms with Crippen LogP contribution in [0.15, 0.2) is 34.7 Å². The van der Waals surface area contributed by atoms with Gasteiger partial charge in [-0.1, -0.05) is 18.2 Å². The molecular formula is C11H10O3. The summed E-state index contributed by atoms with van der Waals surface area (Å²) in [5, 5.41) is 9.74. The second-order valence-corrected chi connectivity index (χ2v) is 3.25. The molecule has 0 saturated heterocycles. The quantitative estimate of drug-likeness (QED) is 0.791. The number of furan rings is 1. The third kappa shape index (κ3) is 1.37. The molecule has 1 heterocycles. The summed E-state index contributed by atoms with van der Waals surface area (Å²) in [5.41, 5.74) is 0.732. The summed E-state index contributed by atoms with van der Waals surface area (Å²) in [6.45, 7) is 1.61. The molecule has 0 radical (unpaired) electrons. The Bertz CT molecular complexity index is 437. The average molecular weight is 190 g/mol. The van der Waals surface area contributed by atoms with E-state index < -0.39 is 11.9 Å². The number of fused-ring (bicyclic) bond motifs is 1. The van der Waals surface area contributed by atoms with E-state index in [4.69, 9.17) is 9.52 Å². The van der Waals surface area contributed by atoms with Gasteiger partial charge in [0.15, 0.2) is 0 Å². The molecule has 0 bridgehead atoms. The standard InChI is InChI=1S/C11H10O3/c1-7(11(12)13)10-6-8-4-2-3-5-9(8)14-10/h2-7H,1H3,(H,12,13)/t7-/m1/s1. The highest BCUT2D eigenvalue weighted by molar-refractivity contribution is 5.81. The second kappa shape index (κ2) is 3.18. The average Bonchev–Trinajstić information content (AvgIpc) is 2.59. The van der Waals surface area contributed by atoms with Crippen molar-refractivity contribution in [3.05, 3.63) is 36.1 Å². The molecule has 0 saturated carbocycles. The van der Waals surface area contributed by atoms with Crippen LogP contribution in [-0.4, -0.2) is 11.1 Å². The van der Waals surface area contributed by atoms with Crippen LogP contribution in [0.25, 0.3) is 11.0 Å². The predicted octanol–water partition coefficient (Wildman–Crippen LogP) is 2.62. The SMILES string of the molecule is C[C@@H](C(=O)O)c1cc2ccccc2o1. The second-order valence-electron chi connectivity index (χ2n) is 3.25. The van der Waals surface area contributed by atoms with Gasteiger partial charge in [0.05, 0.1) is 0 Å². The third-order valence-corrected chi connectivity index (χ3v) is 2.24. The first-order valence-corrected chi connectivity index (χ1v) is 4.40. The molecule has 0 aliphatic heterocycles. The summed E-state index contributed by atoms with van der Waals surface area (Å²) in [6, 6.07) is 9.26. The number of hydrogen-bond donors (Lipinski definition) is 1. The van der Waals surface area contributed by atoms with Gasteiger partial charge in [0.25, 0.3) is 0 Å². The molecule has 72 valence electrons. The highest BCUT2D eigenvalue weighted by atomic mass is 16.4. The maximum Gasteiger partial charge on any atom is 0.313 e. The lowest BCUT2D eigenvalue weighted by Crippen LogP contribution is -2.05. The summed E-state index contributed by atoms with van der Waals surface area (Å²) in [6.07, 6.45) is 0. The summed E-state index contributed by atoms with van der Waals surface area (Å²) in [4.78, 5) is 10.7. The van der Waals surface area contributed by atoms with E-state index in [1.54, 1.807) is 13.0 Å². The minimum Gasteiger partial charge on any atom is -0.481 e. The van der Waals surface area contributed by atoms with E-state index in [2.05, 4.69) is 0 Å². The van der Waals surface area contributed by atoms with E-state index in [0.717, 1.165) is 11.0 Å². The van der Waals surface area contributed by atoms with Crippen LogP contribution in [0.4, 0.5) is 0 Å². The maximum atomic E-state index is 10.7. The molecule has 3 heteroatoms. The van der Waals surface area contributed by atoms with Crippen molar-refractivity contribution in [3.8, 4) is 0 Å². The Balaban J connectivity index is 2.50. The first kappa shape index (κ1) is 8.81. The van der Waals surface area contributed by atoms with E-state index in [0.29, 0.717) is 5.76 Å². The Labute approximate surface area is 81.0 Å². The van der Waals surface area contributed by atoms with Crippen molar-refractivity contribution in [1.29, 1.82) is 0 Å². The van der Waals surface area contributed by atoms with Gasteiger partial charge in [0.2, 0.25) is 0 Å². The lowest BCUT2D eigenvalue weighted by atomic mass is 10.1. The Hall–Kier alpha value is -1.77. The number of carboxylic acid groups (broad SMARTS) is 1. The molecule has 0 fully saturated rings. The van der Waals surface area contributed by atoms with Gasteiger partial charge in [-0.25, -0.2) is 0 Å². The van der Waals surface area contributed by atoms with Gasteiger partial charge >= 0.3 is 5.97 Å². The maximum absolute atomic E-state index is 10.7. The summed E-state index contributed by atoms with van der Waals surface area (Å²) >= 11 is 0. The Morgan fingerprint density at radius 3 is 2.79 bits per heavy atom. The highest BCUT2D eigenvalue weighted by Gasteiger charge is 2.17. The number of carbonyl (C=O) groups is 1. The molecule has 0 amide bonds. The van der Waals surface area contributed by atoms with Crippen molar-refractivity contribution in [3.63, 3.8) is 0 Å². The smallest absolute Gasteiger partial charge is 0.313 e. The zero-order valence-corrected chi connectivity index (χ0v) is 7.73. The molecule has 14 heavy (non-hydrogen) atoms. The topological polar surface area (TPSA) is 50.4 Å². The highest BCUT2D eigenvalue weighted by Crippen LogP contribution is 2.24. The summed E-state index contributed by atoms with van der Waals surface area (Å²) in [5.74, 6) is -0.967. The largest absolute Gasteiger partial charge is 0.481 e. The molecule has 0 aliphatic rings. The minimum absolute atomic E-state index is 0.499. The summed E-state index contributed by atoms with van der Waals surface area (Å²) in [7, 11) is 0. The van der Waals surface area contributed by atoms with Crippen LogP contribution in [0.5, 0.6) is 0 Å². The van der Waals surface area contributed by atoms with Crippen molar-refractivity contribution >= 4 is 16.9 Å². The number of rotatable bonds is 2. The third-order valence-electron chi connectivity index (χ3n) is 2.24. The fraction of sp³-hybridized carbons (Fsp3) is 0.182. The zero-order valence-electron chi connectivity index (χ0n) is 7.73. The first-order chi connectivity index (χ1) is 6.68. The molecule has 1 N–H and O–H groups in total. The van der Waals surface area contributed by atoms with E-state index in [1.807, 2.05) is 24.3 Å². The van der Waals surface area contributed by atoms with Crippen molar-refractivity contribution in [1.82, 2.24) is 0 Å². The van der Waals surface area contributed by atoms with Crippen LogP contribution in [-0.2, 0) is 4.79 Å². The van der Waals surface area contributed by atoms with Crippen molar-refractivity contribution in [2.75, 3.05) is 0 Å². The van der Waals surface area contributed by atoms with Crippen LogP contribution in [0.3, 0.4) is 0 Å². The molecule has 0 aliphatic carbocycles. The summed E-state index contributed by atoms with van der Waals surface area (Å²) < 4.78 is 5.41. The van der Waals surface area contributed by atoms with E-state index in [1.165, 1.54) is 0 Å². The lowest BCUT2D eigenvalue weighted by Gasteiger charge is -1.99. The van der Waals surface area contributed by atoms with Crippen molar-refractivity contribution < 1.29 is 14.3 Å². The van der Waals surface area contributed by atoms with Gasteiger partial charge < -0.3 is 9.52 Å². The van der Waals surface area contributed by atoms with Crippen LogP contribution >= 0.6 is 0 Å². The van der Waals surface area contributed by atoms with Crippen molar-refractivity contribution in [2.45, 2.75) is 12.8 Å². The normalized spacial score (nSPS) is 12.9. The van der Waals surface area contributed by atoms with Crippen LogP contribution in [0.2, 0.25) is 0 Å². The fourth-order valence-corrected chi connectivity index (χ4v) is 1.34. The van der Waals surface area contributed by atoms with Crippen LogP contribution in [0.1, 0.15) is 18.6 Å². The number of hydrogen-bond acceptors (Lipinski definition) is 2. The van der Waals surface area contributed by atoms with Gasteiger partial charge in [-0.3, -0.25) is 4.79 Å². The first-order valence-electron chi connectivity index (χ1n) is 4.40. The molecule has 0 spiro atoms. The minimum atomic E-state index is -0.871. The predicted molar refractivity (Wildman–Crippen MR) is 52.3 cm³/mol. The van der Waals surface area contributed by atoms with E-state index >= 15 is 0 Å². The Morgan fingerprint density at radius 1 is 1.43 bits per heavy atom. The van der Waals surface area contributed by atoms with E-state index in [-0.39, 0.29) is 0 Å². The zero-order chi connectivity index (χ0) is 10.1. The van der Waals surface area contributed by atoms with Gasteiger partial charge in [-0.2, -0.15) is 0 Å². The molecule has 0 unspecified atom stereocenters. The lowest BCUT2D eigenvalue weighted by molar-refractivity contribution is -0.138. The van der Waals surface area contributed by atoms with Crippen LogP contribution in [0, 0.1) is 0 Å². The molecular weight excluding hydrogens is 180 g/mol. The van der Waals surface area contributed by atoms with Crippen molar-refractivity contribution in [2.24, 2.45) is 0 Å². The number of aliphatic carboxylic acids is 1. The fourth-order valence-electron chi connectivity index (χ4n) is 1.34. The molecule has 1 aromatic carbocycles. The van der Waals surface area contributed by atoms with Gasteiger partial charge in [0, 0.05) is 5.39 Å². The molecule has 3 nitrogen and oxygen atoms in total. The molecule has 1 atom stereocenters. The molecule has 2 rings (SSSR count). The number of carboxylic acids is 1. The molecule has 2 aromatic rings. The molecule has 1 aromatic heterocycles. The van der Waals surface area contributed by atoms with Gasteiger partial charge in [0.1, 0.15) is 17.3 Å². The van der Waals surface area contributed by atoms with Crippen LogP contribution < -0.4 is 0 Å². The monoisotopic (exact) mass is 190 g/mol.